The van der Waals surface area contributed by atoms with Crippen LogP contribution in [0.25, 0.3) is 10.1 Å². The van der Waals surface area contributed by atoms with Crippen LogP contribution in [-0.4, -0.2) is 36.4 Å². The van der Waals surface area contributed by atoms with E-state index in [0.29, 0.717) is 24.6 Å². The summed E-state index contributed by atoms with van der Waals surface area (Å²) in [5, 5.41) is 10.8. The zero-order valence-corrected chi connectivity index (χ0v) is 12.4. The van der Waals surface area contributed by atoms with Gasteiger partial charge in [0.25, 0.3) is 0 Å². The first-order valence-electron chi connectivity index (χ1n) is 6.66. The third-order valence-corrected chi connectivity index (χ3v) is 4.49. The molecular weight excluding hydrogens is 274 g/mol. The molecule has 0 radical (unpaired) electrons. The molecule has 1 saturated heterocycles. The first-order chi connectivity index (χ1) is 9.48. The summed E-state index contributed by atoms with van der Waals surface area (Å²) >= 11 is 1.45. The summed E-state index contributed by atoms with van der Waals surface area (Å²) in [5.41, 5.74) is 0.502. The monoisotopic (exact) mass is 291 g/mol. The van der Waals surface area contributed by atoms with E-state index < -0.39 is 5.60 Å². The van der Waals surface area contributed by atoms with Crippen molar-refractivity contribution in [3.05, 3.63) is 29.1 Å². The Balaban J connectivity index is 1.86. The number of fused-ring (bicyclic) bond motifs is 1. The van der Waals surface area contributed by atoms with Crippen LogP contribution in [0.1, 0.15) is 23.5 Å². The van der Waals surface area contributed by atoms with Crippen LogP contribution in [0.5, 0.6) is 0 Å². The highest BCUT2D eigenvalue weighted by molar-refractivity contribution is 7.20. The van der Waals surface area contributed by atoms with Gasteiger partial charge in [0.05, 0.1) is 12.2 Å². The van der Waals surface area contributed by atoms with Crippen molar-refractivity contribution in [3.63, 3.8) is 0 Å². The third kappa shape index (κ3) is 2.39. The van der Waals surface area contributed by atoms with Crippen molar-refractivity contribution in [3.8, 4) is 0 Å². The lowest BCUT2D eigenvalue weighted by Gasteiger charge is -2.45. The summed E-state index contributed by atoms with van der Waals surface area (Å²) in [4.78, 5) is 14.5. The largest absolute Gasteiger partial charge is 0.462 e. The highest BCUT2D eigenvalue weighted by atomic mass is 32.1. The maximum absolute atomic E-state index is 11.7. The molecule has 0 unspecified atom stereocenters. The number of hydrogen-bond donors (Lipinski definition) is 1. The van der Waals surface area contributed by atoms with Crippen LogP contribution in [0, 0.1) is 0 Å². The van der Waals surface area contributed by atoms with Crippen molar-refractivity contribution in [2.24, 2.45) is 0 Å². The van der Waals surface area contributed by atoms with Crippen LogP contribution < -0.4 is 4.90 Å². The number of hydrogen-bond acceptors (Lipinski definition) is 5. The molecule has 2 aromatic rings. The predicted octanol–water partition coefficient (Wildman–Crippen LogP) is 2.65. The molecule has 1 aliphatic rings. The first-order valence-corrected chi connectivity index (χ1v) is 7.48. The van der Waals surface area contributed by atoms with E-state index in [2.05, 4.69) is 11.0 Å². The number of anilines is 1. The summed E-state index contributed by atoms with van der Waals surface area (Å²) in [7, 11) is 0. The lowest BCUT2D eigenvalue weighted by Crippen LogP contribution is -2.60. The second-order valence-corrected chi connectivity index (χ2v) is 6.49. The molecular formula is C15H17NO3S. The topological polar surface area (TPSA) is 49.8 Å². The van der Waals surface area contributed by atoms with Crippen LogP contribution >= 0.6 is 11.3 Å². The van der Waals surface area contributed by atoms with Gasteiger partial charge in [-0.25, -0.2) is 4.79 Å². The quantitative estimate of drug-likeness (QED) is 0.883. The van der Waals surface area contributed by atoms with Gasteiger partial charge in [0.2, 0.25) is 0 Å². The Morgan fingerprint density at radius 2 is 2.20 bits per heavy atom. The van der Waals surface area contributed by atoms with Crippen molar-refractivity contribution in [1.29, 1.82) is 0 Å². The lowest BCUT2D eigenvalue weighted by molar-refractivity contribution is 0.0310. The van der Waals surface area contributed by atoms with E-state index in [-0.39, 0.29) is 5.97 Å². The van der Waals surface area contributed by atoms with Crippen LogP contribution in [0.3, 0.4) is 0 Å². The first kappa shape index (κ1) is 13.4. The molecule has 2 heterocycles. The zero-order chi connectivity index (χ0) is 14.3. The molecule has 0 aliphatic carbocycles. The van der Waals surface area contributed by atoms with Gasteiger partial charge in [0, 0.05) is 23.5 Å². The van der Waals surface area contributed by atoms with E-state index in [0.717, 1.165) is 15.8 Å². The number of rotatable bonds is 3. The van der Waals surface area contributed by atoms with Gasteiger partial charge < -0.3 is 14.7 Å². The summed E-state index contributed by atoms with van der Waals surface area (Å²) in [6.45, 7) is 5.33. The van der Waals surface area contributed by atoms with Crippen molar-refractivity contribution >= 4 is 33.1 Å². The van der Waals surface area contributed by atoms with Crippen LogP contribution in [0.15, 0.2) is 24.3 Å². The van der Waals surface area contributed by atoms with E-state index in [4.69, 9.17) is 4.74 Å². The third-order valence-electron chi connectivity index (χ3n) is 3.41. The fourth-order valence-electron chi connectivity index (χ4n) is 2.48. The van der Waals surface area contributed by atoms with Crippen LogP contribution in [0.2, 0.25) is 0 Å². The Kier molecular flexibility index (Phi) is 3.18. The second kappa shape index (κ2) is 4.75. The minimum atomic E-state index is -0.583. The molecule has 4 nitrogen and oxygen atoms in total. The Morgan fingerprint density at radius 1 is 1.45 bits per heavy atom. The molecule has 1 fully saturated rings. The van der Waals surface area contributed by atoms with Gasteiger partial charge in [0.15, 0.2) is 0 Å². The van der Waals surface area contributed by atoms with Gasteiger partial charge in [-0.15, -0.1) is 11.3 Å². The Morgan fingerprint density at radius 3 is 2.85 bits per heavy atom. The number of nitrogens with zero attached hydrogens (tertiary/aromatic N) is 1. The van der Waals surface area contributed by atoms with Gasteiger partial charge in [-0.2, -0.15) is 0 Å². The van der Waals surface area contributed by atoms with E-state index in [9.17, 15) is 9.90 Å². The number of β-amino-alcohol motifs (C(OH)–C–C–N with tert-alkyl or cyclic N) is 1. The summed E-state index contributed by atoms with van der Waals surface area (Å²) in [6, 6.07) is 7.97. The number of benzene rings is 1. The average Bonchev–Trinajstić information content (AvgIpc) is 2.78. The zero-order valence-electron chi connectivity index (χ0n) is 11.5. The molecule has 0 atom stereocenters. The van der Waals surface area contributed by atoms with E-state index in [1.165, 1.54) is 11.3 Å². The molecule has 5 heteroatoms. The number of thiophene rings is 1. The minimum absolute atomic E-state index is 0.262. The molecule has 0 amide bonds. The van der Waals surface area contributed by atoms with E-state index in [1.807, 2.05) is 25.1 Å². The number of carbonyl (C=O) groups is 1. The highest BCUT2D eigenvalue weighted by Gasteiger charge is 2.36. The summed E-state index contributed by atoms with van der Waals surface area (Å²) in [5.74, 6) is -0.262. The maximum atomic E-state index is 11.7. The number of aliphatic hydroxyl groups is 1. The second-order valence-electron chi connectivity index (χ2n) is 5.41. The molecule has 1 aliphatic heterocycles. The average molecular weight is 291 g/mol. The van der Waals surface area contributed by atoms with Crippen molar-refractivity contribution in [2.75, 3.05) is 24.6 Å². The molecule has 0 saturated carbocycles. The van der Waals surface area contributed by atoms with E-state index >= 15 is 0 Å². The number of carbonyl (C=O) groups excluding carboxylic acids is 1. The normalized spacial score (nSPS) is 17.1. The summed E-state index contributed by atoms with van der Waals surface area (Å²) < 4.78 is 6.09. The molecule has 1 N–H and O–H groups in total. The molecule has 1 aromatic carbocycles. The summed E-state index contributed by atoms with van der Waals surface area (Å²) in [6.07, 6.45) is 0. The molecule has 106 valence electrons. The number of esters is 1. The predicted molar refractivity (Wildman–Crippen MR) is 80.6 cm³/mol. The highest BCUT2D eigenvalue weighted by Crippen LogP contribution is 2.33. The minimum Gasteiger partial charge on any atom is -0.462 e. The molecule has 0 bridgehead atoms. The number of ether oxygens (including phenoxy) is 1. The SMILES string of the molecule is CCOC(=O)c1cc2ccc(N3CC(C)(O)C3)cc2s1. The van der Waals surface area contributed by atoms with Gasteiger partial charge >= 0.3 is 5.97 Å². The molecule has 1 aromatic heterocycles. The van der Waals surface area contributed by atoms with Crippen molar-refractivity contribution in [1.82, 2.24) is 0 Å². The fraction of sp³-hybridized carbons (Fsp3) is 0.400. The van der Waals surface area contributed by atoms with Gasteiger partial charge in [0.1, 0.15) is 4.88 Å². The Bertz CT molecular complexity index is 654. The van der Waals surface area contributed by atoms with Gasteiger partial charge in [-0.1, -0.05) is 6.07 Å². The molecule has 3 rings (SSSR count). The van der Waals surface area contributed by atoms with E-state index in [1.54, 1.807) is 6.92 Å². The van der Waals surface area contributed by atoms with Gasteiger partial charge in [-0.3, -0.25) is 0 Å². The van der Waals surface area contributed by atoms with Gasteiger partial charge in [-0.05, 0) is 37.4 Å². The molecule has 0 spiro atoms. The van der Waals surface area contributed by atoms with Crippen LogP contribution in [0.4, 0.5) is 5.69 Å². The van der Waals surface area contributed by atoms with Crippen molar-refractivity contribution < 1.29 is 14.6 Å². The van der Waals surface area contributed by atoms with Crippen molar-refractivity contribution in [2.45, 2.75) is 19.4 Å². The fourth-order valence-corrected chi connectivity index (χ4v) is 3.47. The lowest BCUT2D eigenvalue weighted by atomic mass is 9.96. The molecule has 20 heavy (non-hydrogen) atoms. The maximum Gasteiger partial charge on any atom is 0.348 e. The Labute approximate surface area is 121 Å². The van der Waals surface area contributed by atoms with Crippen LogP contribution in [-0.2, 0) is 4.74 Å². The standard InChI is InChI=1S/C15H17NO3S/c1-3-19-14(17)13-6-10-4-5-11(7-12(10)20-13)16-8-15(2,18)9-16/h4-7,18H,3,8-9H2,1-2H3. The smallest absolute Gasteiger partial charge is 0.348 e. The Hall–Kier alpha value is -1.59.